The van der Waals surface area contributed by atoms with Crippen molar-refractivity contribution >= 4 is 21.9 Å². The zero-order valence-electron chi connectivity index (χ0n) is 8.24. The number of methoxy groups -OCH3 is 1. The molecule has 0 radical (unpaired) electrons. The van der Waals surface area contributed by atoms with Gasteiger partial charge in [-0.1, -0.05) is 15.9 Å². The Morgan fingerprint density at radius 3 is 2.87 bits per heavy atom. The summed E-state index contributed by atoms with van der Waals surface area (Å²) in [4.78, 5) is 10.8. The third-order valence-corrected chi connectivity index (χ3v) is 3.43. The van der Waals surface area contributed by atoms with E-state index < -0.39 is 5.97 Å². The van der Waals surface area contributed by atoms with Crippen molar-refractivity contribution in [1.29, 1.82) is 0 Å². The smallest absolute Gasteiger partial charge is 0.307 e. The third-order valence-electron chi connectivity index (χ3n) is 2.71. The van der Waals surface area contributed by atoms with Crippen molar-refractivity contribution in [2.75, 3.05) is 7.11 Å². The molecule has 0 saturated heterocycles. The van der Waals surface area contributed by atoms with Gasteiger partial charge in [-0.3, -0.25) is 4.79 Å². The van der Waals surface area contributed by atoms with Gasteiger partial charge < -0.3 is 9.84 Å². The molecule has 2 rings (SSSR count). The number of halogens is 1. The van der Waals surface area contributed by atoms with E-state index in [-0.39, 0.29) is 11.8 Å². The fourth-order valence-electron chi connectivity index (χ4n) is 1.74. The molecular weight excluding hydrogens is 260 g/mol. The lowest BCUT2D eigenvalue weighted by Crippen LogP contribution is -1.99. The minimum atomic E-state index is -0.713. The molecule has 2 atom stereocenters. The van der Waals surface area contributed by atoms with Crippen LogP contribution in [0.5, 0.6) is 5.75 Å². The van der Waals surface area contributed by atoms with Crippen LogP contribution >= 0.6 is 15.9 Å². The van der Waals surface area contributed by atoms with Crippen molar-refractivity contribution in [3.63, 3.8) is 0 Å². The second-order valence-corrected chi connectivity index (χ2v) is 4.53. The van der Waals surface area contributed by atoms with Crippen molar-refractivity contribution < 1.29 is 14.6 Å². The van der Waals surface area contributed by atoms with E-state index in [4.69, 9.17) is 9.84 Å². The summed E-state index contributed by atoms with van der Waals surface area (Å²) in [6.45, 7) is 0. The Morgan fingerprint density at radius 2 is 2.33 bits per heavy atom. The first-order chi connectivity index (χ1) is 7.13. The van der Waals surface area contributed by atoms with Crippen LogP contribution in [0.25, 0.3) is 0 Å². The first kappa shape index (κ1) is 10.5. The maximum Gasteiger partial charge on any atom is 0.307 e. The predicted octanol–water partition coefficient (Wildman–Crippen LogP) is 2.65. The Morgan fingerprint density at radius 1 is 1.60 bits per heavy atom. The monoisotopic (exact) mass is 270 g/mol. The molecule has 1 aromatic carbocycles. The summed E-state index contributed by atoms with van der Waals surface area (Å²) in [6, 6.07) is 5.65. The highest BCUT2D eigenvalue weighted by Gasteiger charge is 2.45. The topological polar surface area (TPSA) is 46.5 Å². The SMILES string of the molecule is COc1ccc(Br)c(C2CC2C(=O)O)c1. The Balaban J connectivity index is 2.25. The average molecular weight is 271 g/mol. The molecule has 1 saturated carbocycles. The van der Waals surface area contributed by atoms with E-state index in [0.29, 0.717) is 0 Å². The lowest BCUT2D eigenvalue weighted by molar-refractivity contribution is -0.138. The van der Waals surface area contributed by atoms with Gasteiger partial charge in [-0.05, 0) is 36.1 Å². The van der Waals surface area contributed by atoms with Crippen molar-refractivity contribution in [1.82, 2.24) is 0 Å². The molecule has 1 aliphatic rings. The molecule has 1 aliphatic carbocycles. The summed E-state index contributed by atoms with van der Waals surface area (Å²) in [5, 5.41) is 8.86. The Labute approximate surface area is 96.2 Å². The molecule has 0 heterocycles. The molecule has 15 heavy (non-hydrogen) atoms. The van der Waals surface area contributed by atoms with Crippen LogP contribution in [-0.2, 0) is 4.79 Å². The second-order valence-electron chi connectivity index (χ2n) is 3.67. The molecule has 0 aliphatic heterocycles. The van der Waals surface area contributed by atoms with Crippen LogP contribution in [0.2, 0.25) is 0 Å². The lowest BCUT2D eigenvalue weighted by Gasteiger charge is -2.06. The first-order valence-corrected chi connectivity index (χ1v) is 5.49. The van der Waals surface area contributed by atoms with Gasteiger partial charge in [0.1, 0.15) is 5.75 Å². The van der Waals surface area contributed by atoms with E-state index in [9.17, 15) is 4.79 Å². The molecule has 0 bridgehead atoms. The van der Waals surface area contributed by atoms with Crippen molar-refractivity contribution in [2.24, 2.45) is 5.92 Å². The number of carboxylic acid groups (broad SMARTS) is 1. The van der Waals surface area contributed by atoms with Crippen LogP contribution in [-0.4, -0.2) is 18.2 Å². The number of benzene rings is 1. The molecule has 2 unspecified atom stereocenters. The van der Waals surface area contributed by atoms with Gasteiger partial charge in [-0.2, -0.15) is 0 Å². The van der Waals surface area contributed by atoms with Crippen molar-refractivity contribution in [3.8, 4) is 5.75 Å². The first-order valence-electron chi connectivity index (χ1n) is 4.69. The van der Waals surface area contributed by atoms with Gasteiger partial charge in [0.15, 0.2) is 0 Å². The Bertz CT molecular complexity index is 403. The minimum Gasteiger partial charge on any atom is -0.497 e. The summed E-state index contributed by atoms with van der Waals surface area (Å²) in [5.74, 6) is -0.0423. The van der Waals surface area contributed by atoms with E-state index in [2.05, 4.69) is 15.9 Å². The second kappa shape index (κ2) is 3.85. The summed E-state index contributed by atoms with van der Waals surface area (Å²) in [5.41, 5.74) is 1.03. The van der Waals surface area contributed by atoms with Gasteiger partial charge >= 0.3 is 5.97 Å². The van der Waals surface area contributed by atoms with E-state index in [1.54, 1.807) is 7.11 Å². The standard InChI is InChI=1S/C11H11BrO3/c1-15-6-2-3-10(12)8(4-6)7-5-9(7)11(13)14/h2-4,7,9H,5H2,1H3,(H,13,14). The highest BCUT2D eigenvalue weighted by Crippen LogP contribution is 2.50. The number of hydrogen-bond acceptors (Lipinski definition) is 2. The molecular formula is C11H11BrO3. The summed E-state index contributed by atoms with van der Waals surface area (Å²) < 4.78 is 6.07. The van der Waals surface area contributed by atoms with Crippen LogP contribution in [0.3, 0.4) is 0 Å². The average Bonchev–Trinajstić information content (AvgIpc) is 2.98. The third kappa shape index (κ3) is 2.00. The molecule has 0 aromatic heterocycles. The van der Waals surface area contributed by atoms with Crippen LogP contribution in [0.4, 0.5) is 0 Å². The molecule has 1 aromatic rings. The predicted molar refractivity (Wildman–Crippen MR) is 59.2 cm³/mol. The minimum absolute atomic E-state index is 0.131. The number of carbonyl (C=O) groups is 1. The highest BCUT2D eigenvalue weighted by molar-refractivity contribution is 9.10. The fourth-order valence-corrected chi connectivity index (χ4v) is 2.29. The molecule has 3 nitrogen and oxygen atoms in total. The van der Waals surface area contributed by atoms with Gasteiger partial charge in [-0.25, -0.2) is 0 Å². The largest absolute Gasteiger partial charge is 0.497 e. The number of hydrogen-bond donors (Lipinski definition) is 1. The molecule has 0 spiro atoms. The maximum atomic E-state index is 10.8. The summed E-state index contributed by atoms with van der Waals surface area (Å²) >= 11 is 3.43. The van der Waals surface area contributed by atoms with E-state index >= 15 is 0 Å². The number of rotatable bonds is 3. The van der Waals surface area contributed by atoms with Crippen LogP contribution < -0.4 is 4.74 Å². The van der Waals surface area contributed by atoms with Crippen LogP contribution in [0.15, 0.2) is 22.7 Å². The zero-order valence-corrected chi connectivity index (χ0v) is 9.82. The maximum absolute atomic E-state index is 10.8. The van der Waals surface area contributed by atoms with Gasteiger partial charge in [0.05, 0.1) is 13.0 Å². The highest BCUT2D eigenvalue weighted by atomic mass is 79.9. The molecule has 80 valence electrons. The Kier molecular flexibility index (Phi) is 2.69. The van der Waals surface area contributed by atoms with E-state index in [1.807, 2.05) is 18.2 Å². The lowest BCUT2D eigenvalue weighted by atomic mass is 10.1. The van der Waals surface area contributed by atoms with Crippen LogP contribution in [0.1, 0.15) is 17.9 Å². The number of carboxylic acids is 1. The van der Waals surface area contributed by atoms with E-state index in [1.165, 1.54) is 0 Å². The van der Waals surface area contributed by atoms with Crippen molar-refractivity contribution in [3.05, 3.63) is 28.2 Å². The Hall–Kier alpha value is -1.03. The molecule has 1 fully saturated rings. The van der Waals surface area contributed by atoms with Gasteiger partial charge in [0.25, 0.3) is 0 Å². The zero-order chi connectivity index (χ0) is 11.0. The fraction of sp³-hybridized carbons (Fsp3) is 0.364. The van der Waals surface area contributed by atoms with Crippen LogP contribution in [0, 0.1) is 5.92 Å². The van der Waals surface area contributed by atoms with Gasteiger partial charge in [-0.15, -0.1) is 0 Å². The normalized spacial score (nSPS) is 23.6. The number of aliphatic carboxylic acids is 1. The number of ether oxygens (including phenoxy) is 1. The van der Waals surface area contributed by atoms with Gasteiger partial charge in [0, 0.05) is 4.47 Å². The summed E-state index contributed by atoms with van der Waals surface area (Å²) in [6.07, 6.45) is 0.723. The van der Waals surface area contributed by atoms with E-state index in [0.717, 1.165) is 22.2 Å². The molecule has 0 amide bonds. The molecule has 1 N–H and O–H groups in total. The quantitative estimate of drug-likeness (QED) is 0.919. The summed E-state index contributed by atoms with van der Waals surface area (Å²) in [7, 11) is 1.61. The molecule has 4 heteroatoms. The van der Waals surface area contributed by atoms with Gasteiger partial charge in [0.2, 0.25) is 0 Å². The van der Waals surface area contributed by atoms with Crippen molar-refractivity contribution in [2.45, 2.75) is 12.3 Å².